The van der Waals surface area contributed by atoms with Crippen LogP contribution >= 0.6 is 27.5 Å². The molecule has 0 saturated carbocycles. The fourth-order valence-corrected chi connectivity index (χ4v) is 2.92. The topological polar surface area (TPSA) is 111 Å². The minimum Gasteiger partial charge on any atom is -0.422 e. The van der Waals surface area contributed by atoms with E-state index < -0.39 is 16.8 Å². The van der Waals surface area contributed by atoms with Gasteiger partial charge in [-0.25, -0.2) is 10.2 Å². The first-order valence-electron chi connectivity index (χ1n) is 8.68. The number of carbonyl (C=O) groups is 2. The number of hydrazone groups is 1. The number of non-ortho nitro benzene ring substituents is 1. The molecule has 0 radical (unpaired) electrons. The van der Waals surface area contributed by atoms with Crippen molar-refractivity contribution in [3.63, 3.8) is 0 Å². The second-order valence-electron chi connectivity index (χ2n) is 6.08. The summed E-state index contributed by atoms with van der Waals surface area (Å²) in [6.45, 7) is 0. The van der Waals surface area contributed by atoms with Gasteiger partial charge < -0.3 is 4.74 Å². The summed E-state index contributed by atoms with van der Waals surface area (Å²) in [6.07, 6.45) is 1.32. The Morgan fingerprint density at radius 1 is 1.03 bits per heavy atom. The lowest BCUT2D eigenvalue weighted by atomic mass is 10.2. The van der Waals surface area contributed by atoms with Crippen LogP contribution in [0.2, 0.25) is 5.02 Å². The van der Waals surface area contributed by atoms with Crippen molar-refractivity contribution in [2.45, 2.75) is 0 Å². The first-order valence-corrected chi connectivity index (χ1v) is 9.86. The van der Waals surface area contributed by atoms with Gasteiger partial charge in [0.2, 0.25) is 0 Å². The van der Waals surface area contributed by atoms with Gasteiger partial charge in [-0.1, -0.05) is 27.5 Å². The van der Waals surface area contributed by atoms with Gasteiger partial charge >= 0.3 is 5.97 Å². The van der Waals surface area contributed by atoms with E-state index in [0.29, 0.717) is 20.6 Å². The van der Waals surface area contributed by atoms with Gasteiger partial charge in [0.25, 0.3) is 11.6 Å². The van der Waals surface area contributed by atoms with Crippen molar-refractivity contribution in [2.75, 3.05) is 0 Å². The molecule has 0 heterocycles. The Morgan fingerprint density at radius 2 is 1.68 bits per heavy atom. The monoisotopic (exact) mass is 501 g/mol. The molecule has 8 nitrogen and oxygen atoms in total. The number of nitrogens with one attached hydrogen (secondary N) is 1. The fraction of sp³-hybridized carbons (Fsp3) is 0. The van der Waals surface area contributed by atoms with Crippen LogP contribution in [-0.4, -0.2) is 23.0 Å². The molecule has 0 fully saturated rings. The van der Waals surface area contributed by atoms with E-state index in [0.717, 1.165) is 0 Å². The maximum absolute atomic E-state index is 12.4. The van der Waals surface area contributed by atoms with Gasteiger partial charge in [-0.3, -0.25) is 14.9 Å². The molecule has 0 saturated heterocycles. The molecule has 1 N–H and O–H groups in total. The van der Waals surface area contributed by atoms with Crippen molar-refractivity contribution < 1.29 is 19.2 Å². The first kappa shape index (κ1) is 22.1. The van der Waals surface area contributed by atoms with Crippen molar-refractivity contribution in [3.05, 3.63) is 103 Å². The Hall–Kier alpha value is -3.56. The van der Waals surface area contributed by atoms with Crippen molar-refractivity contribution in [3.8, 4) is 5.75 Å². The number of hydrogen-bond acceptors (Lipinski definition) is 6. The van der Waals surface area contributed by atoms with Crippen LogP contribution < -0.4 is 10.2 Å². The smallest absolute Gasteiger partial charge is 0.343 e. The maximum Gasteiger partial charge on any atom is 0.343 e. The molecular weight excluding hydrogens is 490 g/mol. The van der Waals surface area contributed by atoms with Crippen LogP contribution in [-0.2, 0) is 0 Å². The van der Waals surface area contributed by atoms with E-state index in [-0.39, 0.29) is 17.0 Å². The van der Waals surface area contributed by atoms with E-state index in [1.807, 2.05) is 0 Å². The number of carbonyl (C=O) groups excluding carboxylic acids is 2. The molecule has 31 heavy (non-hydrogen) atoms. The standard InChI is InChI=1S/C21H13BrClN3O5/c22-16-5-10-19(31-21(28)14-1-6-17(23)7-2-14)15(11-16)12-24-25-20(27)13-3-8-18(9-4-13)26(29)30/h1-12H,(H,25,27)/b24-12+. The van der Waals surface area contributed by atoms with Crippen molar-refractivity contribution in [1.82, 2.24) is 5.43 Å². The third-order valence-electron chi connectivity index (χ3n) is 3.96. The lowest BCUT2D eigenvalue weighted by Crippen LogP contribution is -2.17. The summed E-state index contributed by atoms with van der Waals surface area (Å²) in [7, 11) is 0. The minimum absolute atomic E-state index is 0.124. The van der Waals surface area contributed by atoms with Crippen molar-refractivity contribution in [2.24, 2.45) is 5.10 Å². The summed E-state index contributed by atoms with van der Waals surface area (Å²) in [6, 6.07) is 16.3. The van der Waals surface area contributed by atoms with Crippen LogP contribution in [0, 0.1) is 10.1 Å². The number of hydrogen-bond donors (Lipinski definition) is 1. The molecule has 3 rings (SSSR count). The molecule has 0 aliphatic carbocycles. The number of nitrogens with zero attached hydrogens (tertiary/aromatic N) is 2. The van der Waals surface area contributed by atoms with Gasteiger partial charge in [-0.2, -0.15) is 5.10 Å². The van der Waals surface area contributed by atoms with Crippen LogP contribution in [0.4, 0.5) is 5.69 Å². The second-order valence-corrected chi connectivity index (χ2v) is 7.43. The minimum atomic E-state index is -0.580. The van der Waals surface area contributed by atoms with Gasteiger partial charge in [0, 0.05) is 32.8 Å². The average molecular weight is 503 g/mol. The van der Waals surface area contributed by atoms with Gasteiger partial charge in [0.1, 0.15) is 5.75 Å². The van der Waals surface area contributed by atoms with E-state index in [1.165, 1.54) is 30.5 Å². The highest BCUT2D eigenvalue weighted by molar-refractivity contribution is 9.10. The number of esters is 1. The molecule has 1 amide bonds. The lowest BCUT2D eigenvalue weighted by molar-refractivity contribution is -0.384. The molecule has 3 aromatic carbocycles. The summed E-state index contributed by atoms with van der Waals surface area (Å²) < 4.78 is 6.14. The molecule has 0 atom stereocenters. The van der Waals surface area contributed by atoms with Crippen LogP contribution in [0.5, 0.6) is 5.75 Å². The van der Waals surface area contributed by atoms with Crippen LogP contribution in [0.15, 0.2) is 76.3 Å². The zero-order valence-electron chi connectivity index (χ0n) is 15.6. The van der Waals surface area contributed by atoms with E-state index >= 15 is 0 Å². The number of ether oxygens (including phenoxy) is 1. The van der Waals surface area contributed by atoms with E-state index in [2.05, 4.69) is 26.5 Å². The second kappa shape index (κ2) is 9.96. The zero-order valence-corrected chi connectivity index (χ0v) is 18.0. The molecule has 0 aromatic heterocycles. The zero-order chi connectivity index (χ0) is 22.4. The van der Waals surface area contributed by atoms with Crippen molar-refractivity contribution >= 4 is 51.3 Å². The predicted octanol–water partition coefficient (Wildman–Crippen LogP) is 4.99. The highest BCUT2D eigenvalue weighted by atomic mass is 79.9. The molecule has 0 bridgehead atoms. The van der Waals surface area contributed by atoms with Crippen LogP contribution in [0.25, 0.3) is 0 Å². The summed E-state index contributed by atoms with van der Waals surface area (Å²) >= 11 is 9.16. The SMILES string of the molecule is O=C(N/N=C/c1cc(Br)ccc1OC(=O)c1ccc(Cl)cc1)c1ccc([N+](=O)[O-])cc1. The van der Waals surface area contributed by atoms with Crippen LogP contribution in [0.1, 0.15) is 26.3 Å². The van der Waals surface area contributed by atoms with Gasteiger partial charge in [0.05, 0.1) is 16.7 Å². The average Bonchev–Trinajstić information content (AvgIpc) is 2.76. The highest BCUT2D eigenvalue weighted by Crippen LogP contribution is 2.23. The lowest BCUT2D eigenvalue weighted by Gasteiger charge is -2.08. The van der Waals surface area contributed by atoms with E-state index in [1.54, 1.807) is 42.5 Å². The van der Waals surface area contributed by atoms with E-state index in [9.17, 15) is 19.7 Å². The summed E-state index contributed by atoms with van der Waals surface area (Å²) in [5.74, 6) is -0.902. The molecular formula is C21H13BrClN3O5. The molecule has 10 heteroatoms. The number of halogens is 2. The normalized spacial score (nSPS) is 10.6. The highest BCUT2D eigenvalue weighted by Gasteiger charge is 2.12. The van der Waals surface area contributed by atoms with Crippen LogP contribution in [0.3, 0.4) is 0 Å². The Labute approximate surface area is 189 Å². The molecule has 0 aliphatic rings. The Morgan fingerprint density at radius 3 is 2.32 bits per heavy atom. The molecule has 0 spiro atoms. The number of rotatable bonds is 6. The van der Waals surface area contributed by atoms with Crippen molar-refractivity contribution in [1.29, 1.82) is 0 Å². The molecule has 3 aromatic rings. The first-order chi connectivity index (χ1) is 14.8. The summed E-state index contributed by atoms with van der Waals surface area (Å²) in [5.41, 5.74) is 3.15. The quantitative estimate of drug-likeness (QED) is 0.168. The van der Waals surface area contributed by atoms with Gasteiger partial charge in [-0.15, -0.1) is 0 Å². The maximum atomic E-state index is 12.4. The Balaban J connectivity index is 1.71. The fourth-order valence-electron chi connectivity index (χ4n) is 2.42. The number of nitro groups is 1. The number of amides is 1. The molecule has 0 aliphatic heterocycles. The number of benzene rings is 3. The number of nitro benzene ring substituents is 1. The Bertz CT molecular complexity index is 1160. The predicted molar refractivity (Wildman–Crippen MR) is 119 cm³/mol. The van der Waals surface area contributed by atoms with Gasteiger partial charge in [-0.05, 0) is 54.6 Å². The summed E-state index contributed by atoms with van der Waals surface area (Å²) in [4.78, 5) is 34.7. The summed E-state index contributed by atoms with van der Waals surface area (Å²) in [5, 5.41) is 15.1. The van der Waals surface area contributed by atoms with Gasteiger partial charge in [0.15, 0.2) is 0 Å². The largest absolute Gasteiger partial charge is 0.422 e. The third kappa shape index (κ3) is 5.97. The third-order valence-corrected chi connectivity index (χ3v) is 4.71. The Kier molecular flexibility index (Phi) is 7.11. The molecule has 0 unspecified atom stereocenters. The van der Waals surface area contributed by atoms with E-state index in [4.69, 9.17) is 16.3 Å². The molecule has 156 valence electrons.